The number of hydrogen-bond acceptors (Lipinski definition) is 3. The van der Waals surface area contributed by atoms with Crippen LogP contribution in [0, 0.1) is 5.92 Å². The number of quaternary nitrogens is 1. The molecule has 0 spiro atoms. The molecule has 0 bridgehead atoms. The molecule has 0 unspecified atom stereocenters. The van der Waals surface area contributed by atoms with E-state index in [-0.39, 0.29) is 18.0 Å². The molecule has 1 aliphatic rings. The lowest BCUT2D eigenvalue weighted by Gasteiger charge is -2.43. The Morgan fingerprint density at radius 2 is 1.90 bits per heavy atom. The summed E-state index contributed by atoms with van der Waals surface area (Å²) in [4.78, 5) is 0. The molecular weight excluding hydrogens is 266 g/mol. The van der Waals surface area contributed by atoms with E-state index in [4.69, 9.17) is 8.83 Å². The van der Waals surface area contributed by atoms with Crippen molar-refractivity contribution in [1.82, 2.24) is 0 Å². The highest BCUT2D eigenvalue weighted by molar-refractivity contribution is 5.10. The highest BCUT2D eigenvalue weighted by atomic mass is 16.3. The minimum Gasteiger partial charge on any atom is -0.463 e. The molecule has 1 fully saturated rings. The lowest BCUT2D eigenvalue weighted by atomic mass is 9.72. The van der Waals surface area contributed by atoms with E-state index < -0.39 is 5.60 Å². The summed E-state index contributed by atoms with van der Waals surface area (Å²) in [5.74, 6) is 2.03. The molecule has 0 aromatic carbocycles. The molecule has 3 heterocycles. The Hall–Kier alpha value is -1.52. The molecule has 0 aliphatic carbocycles. The van der Waals surface area contributed by atoms with Gasteiger partial charge in [-0.3, -0.25) is 0 Å². The second-order valence-electron chi connectivity index (χ2n) is 6.31. The van der Waals surface area contributed by atoms with Crippen molar-refractivity contribution in [2.75, 3.05) is 0 Å². The standard InChI is InChI=1S/C17H23NO3/c1-3-6-12-16(15-8-5-10-21-15)18-13(11-17(12,2)19)14-7-4-9-20-14/h4-5,7-10,12-13,16,18-19H,3,6,11H2,1-2H3/p+1/t12-,13-,16-,17+/m0/s1. The molecule has 1 aliphatic heterocycles. The van der Waals surface area contributed by atoms with E-state index in [0.29, 0.717) is 6.42 Å². The van der Waals surface area contributed by atoms with Gasteiger partial charge < -0.3 is 19.3 Å². The topological polar surface area (TPSA) is 63.1 Å². The highest BCUT2D eigenvalue weighted by Gasteiger charge is 2.49. The van der Waals surface area contributed by atoms with Gasteiger partial charge in [-0.25, -0.2) is 0 Å². The molecule has 3 N–H and O–H groups in total. The zero-order chi connectivity index (χ0) is 14.9. The summed E-state index contributed by atoms with van der Waals surface area (Å²) in [7, 11) is 0. The van der Waals surface area contributed by atoms with Gasteiger partial charge in [-0.2, -0.15) is 0 Å². The maximum absolute atomic E-state index is 11.0. The van der Waals surface area contributed by atoms with E-state index in [9.17, 15) is 5.11 Å². The Kier molecular flexibility index (Phi) is 3.91. The molecule has 4 heteroatoms. The third-order valence-corrected chi connectivity index (χ3v) is 4.69. The predicted octanol–water partition coefficient (Wildman–Crippen LogP) is 2.79. The number of piperidine rings is 1. The molecule has 2 aromatic heterocycles. The van der Waals surface area contributed by atoms with Crippen LogP contribution in [-0.2, 0) is 0 Å². The van der Waals surface area contributed by atoms with Crippen molar-refractivity contribution in [3.8, 4) is 0 Å². The Morgan fingerprint density at radius 1 is 1.24 bits per heavy atom. The van der Waals surface area contributed by atoms with E-state index >= 15 is 0 Å². The van der Waals surface area contributed by atoms with Crippen LogP contribution in [0.3, 0.4) is 0 Å². The lowest BCUT2D eigenvalue weighted by Crippen LogP contribution is -2.91. The average Bonchev–Trinajstić information content (AvgIpc) is 3.13. The van der Waals surface area contributed by atoms with Gasteiger partial charge in [0.05, 0.1) is 18.1 Å². The highest BCUT2D eigenvalue weighted by Crippen LogP contribution is 2.41. The fourth-order valence-electron chi connectivity index (χ4n) is 3.71. The SMILES string of the molecule is CCC[C@H]1[C@@H](c2ccco2)[NH2+][C@H](c2ccco2)C[C@@]1(C)O. The summed E-state index contributed by atoms with van der Waals surface area (Å²) in [6.45, 7) is 4.11. The summed E-state index contributed by atoms with van der Waals surface area (Å²) in [6.07, 6.45) is 6.13. The minimum atomic E-state index is -0.723. The quantitative estimate of drug-likeness (QED) is 0.910. The third kappa shape index (κ3) is 2.78. The summed E-state index contributed by atoms with van der Waals surface area (Å²) in [5.41, 5.74) is -0.723. The van der Waals surface area contributed by atoms with Gasteiger partial charge in [-0.1, -0.05) is 13.3 Å². The molecule has 0 saturated carbocycles. The normalized spacial score (nSPS) is 33.2. The van der Waals surface area contributed by atoms with Gasteiger partial charge in [0.15, 0.2) is 17.6 Å². The van der Waals surface area contributed by atoms with Gasteiger partial charge in [-0.05, 0) is 37.6 Å². The van der Waals surface area contributed by atoms with Crippen LogP contribution in [0.2, 0.25) is 0 Å². The molecule has 4 nitrogen and oxygen atoms in total. The van der Waals surface area contributed by atoms with Crippen LogP contribution in [0.5, 0.6) is 0 Å². The average molecular weight is 290 g/mol. The molecule has 114 valence electrons. The summed E-state index contributed by atoms with van der Waals surface area (Å²) >= 11 is 0. The number of furan rings is 2. The van der Waals surface area contributed by atoms with E-state index in [1.165, 1.54) is 0 Å². The summed E-state index contributed by atoms with van der Waals surface area (Å²) in [5, 5.41) is 13.3. The molecule has 0 amide bonds. The predicted molar refractivity (Wildman–Crippen MR) is 78.5 cm³/mol. The minimum absolute atomic E-state index is 0.123. The molecule has 21 heavy (non-hydrogen) atoms. The van der Waals surface area contributed by atoms with Crippen molar-refractivity contribution in [3.63, 3.8) is 0 Å². The van der Waals surface area contributed by atoms with Crippen LogP contribution in [0.25, 0.3) is 0 Å². The maximum atomic E-state index is 11.0. The Labute approximate surface area is 125 Å². The molecule has 1 saturated heterocycles. The summed E-state index contributed by atoms with van der Waals surface area (Å²) < 4.78 is 11.2. The van der Waals surface area contributed by atoms with Crippen molar-refractivity contribution >= 4 is 0 Å². The Bertz CT molecular complexity index is 545. The van der Waals surface area contributed by atoms with E-state index in [1.54, 1.807) is 12.5 Å². The number of rotatable bonds is 4. The first-order chi connectivity index (χ1) is 10.1. The van der Waals surface area contributed by atoms with Crippen LogP contribution in [0.15, 0.2) is 45.6 Å². The van der Waals surface area contributed by atoms with Crippen molar-refractivity contribution in [3.05, 3.63) is 48.3 Å². The van der Waals surface area contributed by atoms with Gasteiger partial charge in [0.25, 0.3) is 0 Å². The Morgan fingerprint density at radius 3 is 2.48 bits per heavy atom. The zero-order valence-electron chi connectivity index (χ0n) is 12.7. The third-order valence-electron chi connectivity index (χ3n) is 4.69. The molecular formula is C17H24NO3+. The van der Waals surface area contributed by atoms with Crippen LogP contribution >= 0.6 is 0 Å². The first-order valence-corrected chi connectivity index (χ1v) is 7.76. The van der Waals surface area contributed by atoms with Gasteiger partial charge in [0.1, 0.15) is 6.04 Å². The Balaban J connectivity index is 1.92. The van der Waals surface area contributed by atoms with Crippen LogP contribution in [-0.4, -0.2) is 10.7 Å². The molecule has 0 radical (unpaired) electrons. The number of hydrogen-bond donors (Lipinski definition) is 2. The van der Waals surface area contributed by atoms with Crippen molar-refractivity contribution in [2.24, 2.45) is 5.92 Å². The second kappa shape index (κ2) is 5.70. The van der Waals surface area contributed by atoms with Gasteiger partial charge >= 0.3 is 0 Å². The van der Waals surface area contributed by atoms with Gasteiger partial charge in [0, 0.05) is 12.3 Å². The first-order valence-electron chi connectivity index (χ1n) is 7.76. The van der Waals surface area contributed by atoms with E-state index in [2.05, 4.69) is 12.2 Å². The molecule has 3 rings (SSSR count). The fourth-order valence-corrected chi connectivity index (χ4v) is 3.71. The summed E-state index contributed by atoms with van der Waals surface area (Å²) in [6, 6.07) is 8.05. The van der Waals surface area contributed by atoms with Crippen LogP contribution in [0.1, 0.15) is 56.7 Å². The van der Waals surface area contributed by atoms with Gasteiger partial charge in [0.2, 0.25) is 0 Å². The smallest absolute Gasteiger partial charge is 0.161 e. The zero-order valence-corrected chi connectivity index (χ0v) is 12.7. The maximum Gasteiger partial charge on any atom is 0.161 e. The van der Waals surface area contributed by atoms with Crippen molar-refractivity contribution in [1.29, 1.82) is 0 Å². The van der Waals surface area contributed by atoms with Crippen LogP contribution < -0.4 is 5.32 Å². The van der Waals surface area contributed by atoms with Gasteiger partial charge in [-0.15, -0.1) is 0 Å². The lowest BCUT2D eigenvalue weighted by molar-refractivity contribution is -0.760. The first kappa shape index (κ1) is 14.4. The number of aliphatic hydroxyl groups is 1. The van der Waals surface area contributed by atoms with E-state index in [0.717, 1.165) is 24.4 Å². The monoisotopic (exact) mass is 290 g/mol. The fraction of sp³-hybridized carbons (Fsp3) is 0.529. The second-order valence-corrected chi connectivity index (χ2v) is 6.31. The van der Waals surface area contributed by atoms with Crippen LogP contribution in [0.4, 0.5) is 0 Å². The number of nitrogens with two attached hydrogens (primary N) is 1. The molecule has 2 aromatic rings. The van der Waals surface area contributed by atoms with E-state index in [1.807, 2.05) is 31.2 Å². The molecule has 4 atom stereocenters. The van der Waals surface area contributed by atoms with Crippen molar-refractivity contribution < 1.29 is 19.3 Å². The van der Waals surface area contributed by atoms with Crippen molar-refractivity contribution in [2.45, 2.75) is 50.8 Å². The largest absolute Gasteiger partial charge is 0.463 e.